The summed E-state index contributed by atoms with van der Waals surface area (Å²) in [4.78, 5) is 37.2. The van der Waals surface area contributed by atoms with Crippen molar-refractivity contribution in [2.24, 2.45) is 5.90 Å². The number of para-hydroxylation sites is 1. The van der Waals surface area contributed by atoms with Gasteiger partial charge in [-0.05, 0) is 30.9 Å². The molecular weight excluding hydrogens is 639 g/mol. The molecule has 0 saturated carbocycles. The van der Waals surface area contributed by atoms with Gasteiger partial charge in [0.2, 0.25) is 11.8 Å². The van der Waals surface area contributed by atoms with Crippen LogP contribution < -0.4 is 16.1 Å². The van der Waals surface area contributed by atoms with E-state index >= 15 is 0 Å². The number of amides is 2. The minimum absolute atomic E-state index is 0.0753. The summed E-state index contributed by atoms with van der Waals surface area (Å²) in [5.41, 5.74) is 5.04. The van der Waals surface area contributed by atoms with Crippen LogP contribution in [-0.4, -0.2) is 83.5 Å². The van der Waals surface area contributed by atoms with E-state index in [1.165, 1.54) is 0 Å². The first-order valence-electron chi connectivity index (χ1n) is 16.3. The molecule has 1 atom stereocenters. The Balaban J connectivity index is 0.00000307. The number of rotatable bonds is 20. The van der Waals surface area contributed by atoms with Gasteiger partial charge in [-0.2, -0.15) is 0 Å². The van der Waals surface area contributed by atoms with Gasteiger partial charge in [0.25, 0.3) is 0 Å². The molecule has 0 saturated heterocycles. The highest BCUT2D eigenvalue weighted by Gasteiger charge is 2.29. The van der Waals surface area contributed by atoms with Crippen LogP contribution >= 0.6 is 8.60 Å². The van der Waals surface area contributed by atoms with Gasteiger partial charge >= 0.3 is 8.60 Å². The second-order valence-electron chi connectivity index (χ2n) is 10.8. The summed E-state index contributed by atoms with van der Waals surface area (Å²) in [6.07, 6.45) is 4.49. The van der Waals surface area contributed by atoms with Crippen LogP contribution in [0, 0.1) is 0 Å². The fourth-order valence-corrected chi connectivity index (χ4v) is 5.58. The lowest BCUT2D eigenvalue weighted by atomic mass is 9.95. The summed E-state index contributed by atoms with van der Waals surface area (Å²) in [6, 6.07) is 15.7. The normalized spacial score (nSPS) is 12.5. The van der Waals surface area contributed by atoms with Gasteiger partial charge in [0.05, 0.1) is 50.9 Å². The number of aliphatic hydroxyl groups is 1. The third-order valence-electron chi connectivity index (χ3n) is 7.51. The number of fused-ring (bicyclic) bond motifs is 5. The highest BCUT2D eigenvalue weighted by Crippen LogP contribution is 2.41. The fourth-order valence-electron chi connectivity index (χ4n) is 5.24. The molecule has 4 rings (SSSR count). The fraction of sp³-hybridized carbons (Fsp3) is 0.515. The molecule has 5 N–H and O–H groups in total. The molecule has 0 fully saturated rings. The smallest absolute Gasteiger partial charge is 0.347 e. The molecule has 2 aromatic carbocycles. The predicted molar refractivity (Wildman–Crippen MR) is 183 cm³/mol. The number of anilines is 1. The van der Waals surface area contributed by atoms with Gasteiger partial charge in [-0.15, -0.1) is 5.10 Å². The van der Waals surface area contributed by atoms with Crippen molar-refractivity contribution in [2.45, 2.75) is 65.0 Å². The van der Waals surface area contributed by atoms with E-state index in [1.807, 2.05) is 53.2 Å². The lowest BCUT2D eigenvalue weighted by Gasteiger charge is -2.28. The van der Waals surface area contributed by atoms with Crippen LogP contribution in [0.3, 0.4) is 0 Å². The number of benzene rings is 2. The van der Waals surface area contributed by atoms with E-state index < -0.39 is 8.60 Å². The van der Waals surface area contributed by atoms with E-state index in [0.717, 1.165) is 73.9 Å². The molecule has 1 unspecified atom stereocenters. The lowest BCUT2D eigenvalue weighted by Crippen LogP contribution is -2.33. The lowest BCUT2D eigenvalue weighted by molar-refractivity contribution is -0.125. The predicted octanol–water partition coefficient (Wildman–Crippen LogP) is 4.09. The van der Waals surface area contributed by atoms with Gasteiger partial charge in [-0.1, -0.05) is 67.4 Å². The Morgan fingerprint density at radius 3 is 2.40 bits per heavy atom. The maximum Gasteiger partial charge on any atom is 0.347 e. The second-order valence-corrected chi connectivity index (χ2v) is 11.8. The number of hydrogen-bond donors (Lipinski definition) is 4. The van der Waals surface area contributed by atoms with Crippen LogP contribution in [0.2, 0.25) is 0 Å². The van der Waals surface area contributed by atoms with Gasteiger partial charge in [-0.3, -0.25) is 9.59 Å². The molecule has 48 heavy (non-hydrogen) atoms. The van der Waals surface area contributed by atoms with E-state index in [-0.39, 0.29) is 24.7 Å². The van der Waals surface area contributed by atoms with Gasteiger partial charge in [0.1, 0.15) is 5.69 Å². The monoisotopic (exact) mass is 688 g/mol. The van der Waals surface area contributed by atoms with Crippen molar-refractivity contribution < 1.29 is 38.2 Å². The Kier molecular flexibility index (Phi) is 18.2. The molecule has 14 nitrogen and oxygen atoms in total. The van der Waals surface area contributed by atoms with Crippen LogP contribution in [0.5, 0.6) is 0 Å². The van der Waals surface area contributed by atoms with Crippen molar-refractivity contribution in [2.75, 3.05) is 51.6 Å². The number of hydrogen-bond acceptors (Lipinski definition) is 11. The van der Waals surface area contributed by atoms with Crippen molar-refractivity contribution in [1.82, 2.24) is 20.3 Å². The quantitative estimate of drug-likeness (QED) is 0.0762. The second kappa shape index (κ2) is 22.3. The van der Waals surface area contributed by atoms with Gasteiger partial charge in [-0.25, -0.2) is 15.2 Å². The number of ether oxygens (including phenoxy) is 2. The van der Waals surface area contributed by atoms with Crippen molar-refractivity contribution in [1.29, 1.82) is 0 Å². The highest BCUT2D eigenvalue weighted by atomic mass is 31.2. The molecule has 1 aliphatic rings. The topological polar surface area (TPSA) is 184 Å². The number of nitrogens with one attached hydrogen (secondary N) is 1. The number of carbonyl (C=O) groups excluding carboxylic acids is 2. The molecule has 0 bridgehead atoms. The summed E-state index contributed by atoms with van der Waals surface area (Å²) >= 11 is 0. The van der Waals surface area contributed by atoms with Crippen LogP contribution in [0.15, 0.2) is 48.5 Å². The Morgan fingerprint density at radius 2 is 1.62 bits per heavy atom. The summed E-state index contributed by atoms with van der Waals surface area (Å²) in [7, 11) is -0.999. The maximum absolute atomic E-state index is 13.7. The minimum atomic E-state index is -2.00. The zero-order valence-electron chi connectivity index (χ0n) is 27.9. The van der Waals surface area contributed by atoms with E-state index in [2.05, 4.69) is 27.2 Å². The number of unbranched alkanes of at least 4 members (excludes halogenated alkanes) is 3. The Hall–Kier alpha value is -3.33. The zero-order chi connectivity index (χ0) is 34.6. The SMILES string of the molecule is CCCOCCOCCn1nnc2c1-c1ccccc1CN(C(=O)CCC(=O)NCCCCCCOP(O)ON)c1ccccc1-2.CO. The molecule has 2 heterocycles. The summed E-state index contributed by atoms with van der Waals surface area (Å²) < 4.78 is 22.4. The van der Waals surface area contributed by atoms with Crippen LogP contribution in [0.4, 0.5) is 5.69 Å². The molecule has 15 heteroatoms. The maximum atomic E-state index is 13.7. The zero-order valence-corrected chi connectivity index (χ0v) is 28.8. The average molecular weight is 689 g/mol. The van der Waals surface area contributed by atoms with Crippen molar-refractivity contribution in [3.05, 3.63) is 54.1 Å². The molecule has 0 radical (unpaired) electrons. The number of aliphatic hydroxyl groups excluding tert-OH is 1. The molecular formula is C33H49N6O8P. The van der Waals surface area contributed by atoms with Crippen molar-refractivity contribution >= 4 is 26.1 Å². The van der Waals surface area contributed by atoms with Gasteiger partial charge < -0.3 is 34.2 Å². The summed E-state index contributed by atoms with van der Waals surface area (Å²) in [5.74, 6) is 4.54. The number of carbonyl (C=O) groups is 2. The minimum Gasteiger partial charge on any atom is -0.400 e. The number of aromatic nitrogens is 3. The van der Waals surface area contributed by atoms with Crippen molar-refractivity contribution in [3.8, 4) is 22.5 Å². The Labute approximate surface area is 283 Å². The van der Waals surface area contributed by atoms with Crippen LogP contribution in [-0.2, 0) is 41.3 Å². The van der Waals surface area contributed by atoms with Crippen LogP contribution in [0.1, 0.15) is 57.4 Å². The molecule has 1 aromatic heterocycles. The first-order chi connectivity index (χ1) is 23.5. The van der Waals surface area contributed by atoms with Gasteiger partial charge in [0, 0.05) is 44.2 Å². The average Bonchev–Trinajstić information content (AvgIpc) is 3.53. The third kappa shape index (κ3) is 12.0. The first kappa shape index (κ1) is 39.1. The number of nitrogens with two attached hydrogens (primary N) is 1. The van der Waals surface area contributed by atoms with Crippen molar-refractivity contribution in [3.63, 3.8) is 0 Å². The van der Waals surface area contributed by atoms with Gasteiger partial charge in [0.15, 0.2) is 0 Å². The van der Waals surface area contributed by atoms with Crippen LogP contribution in [0.25, 0.3) is 22.5 Å². The van der Waals surface area contributed by atoms with E-state index in [0.29, 0.717) is 51.8 Å². The standard InChI is InChI=1S/C32H45N6O7P.CH4O/c1-2-19-42-22-23-43-21-18-38-32-26-12-6-5-11-25(26)24-37(28-14-8-7-13-27(28)31(32)35-36-38)30(40)16-15-29(39)34-17-9-3-4-10-20-44-46(41)45-33;1-2/h5-8,11-14,41H,2-4,9-10,15-24,33H2,1H3,(H,34,39);2H,1H3. The molecule has 3 aromatic rings. The number of nitrogens with zero attached hydrogens (tertiary/aromatic N) is 4. The summed E-state index contributed by atoms with van der Waals surface area (Å²) in [5, 5.41) is 19.0. The van der Waals surface area contributed by atoms with E-state index in [4.69, 9.17) is 29.9 Å². The molecule has 2 amide bonds. The molecule has 1 aliphatic heterocycles. The van der Waals surface area contributed by atoms with E-state index in [9.17, 15) is 9.59 Å². The Morgan fingerprint density at radius 1 is 0.917 bits per heavy atom. The highest BCUT2D eigenvalue weighted by molar-refractivity contribution is 7.40. The largest absolute Gasteiger partial charge is 0.400 e. The molecule has 0 spiro atoms. The summed E-state index contributed by atoms with van der Waals surface area (Å²) in [6.45, 7) is 6.10. The molecule has 264 valence electrons. The molecule has 0 aliphatic carbocycles. The van der Waals surface area contributed by atoms with E-state index in [1.54, 1.807) is 4.90 Å². The Bertz CT molecular complexity index is 1390. The third-order valence-corrected chi connectivity index (χ3v) is 8.09. The first-order valence-corrected chi connectivity index (χ1v) is 17.4.